The summed E-state index contributed by atoms with van der Waals surface area (Å²) in [4.78, 5) is 19.1. The van der Waals surface area contributed by atoms with Gasteiger partial charge in [0.05, 0.1) is 0 Å². The number of nitrogens with zero attached hydrogens (tertiary/aromatic N) is 5. The number of likely N-dealkylation sites (N-methyl/N-ethyl adjacent to an activating group) is 1. The summed E-state index contributed by atoms with van der Waals surface area (Å²) in [6.07, 6.45) is 2.97. The van der Waals surface area contributed by atoms with E-state index in [0.29, 0.717) is 19.0 Å². The van der Waals surface area contributed by atoms with Crippen molar-refractivity contribution in [2.24, 2.45) is 11.0 Å². The molecule has 2 heterocycles. The quantitative estimate of drug-likeness (QED) is 0.423. The molecule has 0 spiro atoms. The van der Waals surface area contributed by atoms with Crippen molar-refractivity contribution in [1.29, 1.82) is 0 Å². The van der Waals surface area contributed by atoms with Gasteiger partial charge in [0.15, 0.2) is 0 Å². The van der Waals surface area contributed by atoms with Crippen LogP contribution in [0.5, 0.6) is 0 Å². The molecule has 0 aliphatic carbocycles. The highest BCUT2D eigenvalue weighted by Gasteiger charge is 2.33. The van der Waals surface area contributed by atoms with E-state index in [1.807, 2.05) is 4.90 Å². The van der Waals surface area contributed by atoms with E-state index in [1.54, 1.807) is 0 Å². The van der Waals surface area contributed by atoms with Crippen LogP contribution >= 0.6 is 0 Å². The lowest BCUT2D eigenvalue weighted by Crippen LogP contribution is -2.41. The molecule has 6 nitrogen and oxygen atoms in total. The molecular weight excluding hydrogens is 230 g/mol. The van der Waals surface area contributed by atoms with E-state index >= 15 is 0 Å². The highest BCUT2D eigenvalue weighted by atomic mass is 16.2. The van der Waals surface area contributed by atoms with Crippen molar-refractivity contribution in [3.05, 3.63) is 10.4 Å². The summed E-state index contributed by atoms with van der Waals surface area (Å²) in [7, 11) is 0. The molecule has 0 N–H and O–H groups in total. The summed E-state index contributed by atoms with van der Waals surface area (Å²) in [6.45, 7) is 6.45. The number of azide groups is 1. The Kier molecular flexibility index (Phi) is 4.44. The summed E-state index contributed by atoms with van der Waals surface area (Å²) in [5.74, 6) is 0.431. The number of carbonyl (C=O) groups excluding carboxylic acids is 1. The first-order valence-corrected chi connectivity index (χ1v) is 6.77. The van der Waals surface area contributed by atoms with Gasteiger partial charge in [-0.3, -0.25) is 9.69 Å². The van der Waals surface area contributed by atoms with Crippen molar-refractivity contribution in [3.63, 3.8) is 0 Å². The summed E-state index contributed by atoms with van der Waals surface area (Å²) in [5, 5.41) is 3.58. The molecule has 0 aromatic heterocycles. The van der Waals surface area contributed by atoms with Gasteiger partial charge in [0.25, 0.3) is 0 Å². The Bertz CT molecular complexity index is 352. The van der Waals surface area contributed by atoms with E-state index in [9.17, 15) is 4.79 Å². The average molecular weight is 251 g/mol. The van der Waals surface area contributed by atoms with Crippen molar-refractivity contribution < 1.29 is 4.79 Å². The lowest BCUT2D eigenvalue weighted by atomic mass is 10.1. The lowest BCUT2D eigenvalue weighted by molar-refractivity contribution is -0.128. The summed E-state index contributed by atoms with van der Waals surface area (Å²) in [5.41, 5.74) is 8.31. The fraction of sp³-hybridized carbons (Fsp3) is 0.917. The first-order valence-electron chi connectivity index (χ1n) is 6.77. The molecule has 2 aliphatic heterocycles. The minimum atomic E-state index is 0.213. The molecule has 2 fully saturated rings. The predicted octanol–water partition coefficient (Wildman–Crippen LogP) is 1.63. The summed E-state index contributed by atoms with van der Waals surface area (Å²) >= 11 is 0. The van der Waals surface area contributed by atoms with Gasteiger partial charge in [-0.05, 0) is 37.4 Å². The Labute approximate surface area is 108 Å². The highest BCUT2D eigenvalue weighted by molar-refractivity contribution is 5.78. The molecule has 0 saturated carbocycles. The molecule has 18 heavy (non-hydrogen) atoms. The average Bonchev–Trinajstić information content (AvgIpc) is 2.95. The van der Waals surface area contributed by atoms with Crippen LogP contribution in [0.4, 0.5) is 0 Å². The molecule has 0 radical (unpaired) electrons. The number of hydrogen-bond donors (Lipinski definition) is 0. The molecule has 1 amide bonds. The van der Waals surface area contributed by atoms with Crippen LogP contribution in [0.3, 0.4) is 0 Å². The Hall–Kier alpha value is -1.26. The monoisotopic (exact) mass is 251 g/mol. The zero-order valence-corrected chi connectivity index (χ0v) is 11.0. The smallest absolute Gasteiger partial charge is 0.222 e. The van der Waals surface area contributed by atoms with Gasteiger partial charge in [0, 0.05) is 37.0 Å². The van der Waals surface area contributed by atoms with Crippen LogP contribution in [0.1, 0.15) is 26.2 Å². The standard InChI is InChI=1S/C12H21N5O/c1-2-16-5-3-4-11(16)9-17-8-10(6-12(17)18)7-14-15-13/h10-11H,2-9H2,1H3. The van der Waals surface area contributed by atoms with Crippen molar-refractivity contribution in [2.45, 2.75) is 32.2 Å². The zero-order valence-electron chi connectivity index (χ0n) is 11.0. The van der Waals surface area contributed by atoms with Gasteiger partial charge in [-0.25, -0.2) is 0 Å². The molecule has 2 unspecified atom stereocenters. The van der Waals surface area contributed by atoms with Crippen LogP contribution in [0.25, 0.3) is 10.4 Å². The number of hydrogen-bond acceptors (Lipinski definition) is 3. The van der Waals surface area contributed by atoms with Gasteiger partial charge in [-0.2, -0.15) is 0 Å². The van der Waals surface area contributed by atoms with Gasteiger partial charge in [-0.15, -0.1) is 0 Å². The largest absolute Gasteiger partial charge is 0.341 e. The first kappa shape index (κ1) is 13.2. The van der Waals surface area contributed by atoms with Crippen molar-refractivity contribution in [1.82, 2.24) is 9.80 Å². The fourth-order valence-electron chi connectivity index (χ4n) is 3.08. The maximum Gasteiger partial charge on any atom is 0.222 e. The third-order valence-corrected chi connectivity index (χ3v) is 4.03. The molecule has 0 bridgehead atoms. The molecule has 6 heteroatoms. The second-order valence-electron chi connectivity index (χ2n) is 5.21. The van der Waals surface area contributed by atoms with Crippen LogP contribution in [0.15, 0.2) is 5.11 Å². The van der Waals surface area contributed by atoms with E-state index < -0.39 is 0 Å². The number of rotatable bonds is 5. The van der Waals surface area contributed by atoms with E-state index in [4.69, 9.17) is 5.53 Å². The molecule has 100 valence electrons. The maximum atomic E-state index is 11.9. The maximum absolute atomic E-state index is 11.9. The second-order valence-corrected chi connectivity index (χ2v) is 5.21. The third kappa shape index (κ3) is 2.94. The van der Waals surface area contributed by atoms with Crippen LogP contribution in [-0.4, -0.2) is 54.5 Å². The molecule has 2 saturated heterocycles. The molecular formula is C12H21N5O. The number of amides is 1. The third-order valence-electron chi connectivity index (χ3n) is 4.03. The van der Waals surface area contributed by atoms with E-state index in [-0.39, 0.29) is 11.8 Å². The summed E-state index contributed by atoms with van der Waals surface area (Å²) in [6, 6.07) is 0.525. The SMILES string of the molecule is CCN1CCCC1CN1CC(CN=[N+]=[N-])CC1=O. The van der Waals surface area contributed by atoms with Crippen molar-refractivity contribution in [3.8, 4) is 0 Å². The highest BCUT2D eigenvalue weighted by Crippen LogP contribution is 2.23. The van der Waals surface area contributed by atoms with Gasteiger partial charge < -0.3 is 4.90 Å². The number of likely N-dealkylation sites (tertiary alicyclic amines) is 2. The topological polar surface area (TPSA) is 72.3 Å². The van der Waals surface area contributed by atoms with Crippen molar-refractivity contribution in [2.75, 3.05) is 32.7 Å². The minimum absolute atomic E-state index is 0.213. The summed E-state index contributed by atoms with van der Waals surface area (Å²) < 4.78 is 0. The minimum Gasteiger partial charge on any atom is -0.341 e. The second kappa shape index (κ2) is 6.07. The Balaban J connectivity index is 1.86. The van der Waals surface area contributed by atoms with E-state index in [0.717, 1.165) is 26.2 Å². The predicted molar refractivity (Wildman–Crippen MR) is 69.0 cm³/mol. The van der Waals surface area contributed by atoms with Crippen LogP contribution in [0.2, 0.25) is 0 Å². The van der Waals surface area contributed by atoms with Crippen molar-refractivity contribution >= 4 is 5.91 Å². The van der Waals surface area contributed by atoms with Gasteiger partial charge in [0.2, 0.25) is 5.91 Å². The van der Waals surface area contributed by atoms with Crippen LogP contribution in [0, 0.1) is 5.92 Å². The lowest BCUT2D eigenvalue weighted by Gasteiger charge is -2.27. The zero-order chi connectivity index (χ0) is 13.0. The Morgan fingerprint density at radius 3 is 3.11 bits per heavy atom. The fourth-order valence-corrected chi connectivity index (χ4v) is 3.08. The Morgan fingerprint density at radius 1 is 1.56 bits per heavy atom. The molecule has 2 atom stereocenters. The van der Waals surface area contributed by atoms with Crippen LogP contribution in [-0.2, 0) is 4.79 Å². The molecule has 0 aromatic carbocycles. The van der Waals surface area contributed by atoms with Crippen LogP contribution < -0.4 is 0 Å². The molecule has 2 aliphatic rings. The number of carbonyl (C=O) groups is 1. The first-order chi connectivity index (χ1) is 8.74. The molecule has 2 rings (SSSR count). The van der Waals surface area contributed by atoms with E-state index in [2.05, 4.69) is 21.8 Å². The van der Waals surface area contributed by atoms with Gasteiger partial charge in [-0.1, -0.05) is 12.0 Å². The Morgan fingerprint density at radius 2 is 2.39 bits per heavy atom. The van der Waals surface area contributed by atoms with E-state index in [1.165, 1.54) is 12.8 Å². The van der Waals surface area contributed by atoms with Gasteiger partial charge in [0.1, 0.15) is 0 Å². The van der Waals surface area contributed by atoms with Gasteiger partial charge >= 0.3 is 0 Å². The molecule has 0 aromatic rings. The normalized spacial score (nSPS) is 28.7.